The van der Waals surface area contributed by atoms with Gasteiger partial charge >= 0.3 is 5.97 Å². The van der Waals surface area contributed by atoms with Gasteiger partial charge in [0.2, 0.25) is 5.91 Å². The molecule has 0 saturated carbocycles. The summed E-state index contributed by atoms with van der Waals surface area (Å²) in [6.45, 7) is 5.85. The van der Waals surface area contributed by atoms with Crippen molar-refractivity contribution in [3.8, 4) is 0 Å². The van der Waals surface area contributed by atoms with E-state index in [2.05, 4.69) is 5.32 Å². The molecule has 1 aromatic carbocycles. The number of aliphatic carboxylic acids is 1. The van der Waals surface area contributed by atoms with Crippen LogP contribution >= 0.6 is 0 Å². The first-order valence-corrected chi connectivity index (χ1v) is 6.84. The van der Waals surface area contributed by atoms with E-state index in [0.717, 1.165) is 5.56 Å². The van der Waals surface area contributed by atoms with Gasteiger partial charge in [-0.15, -0.1) is 0 Å². The third-order valence-electron chi connectivity index (χ3n) is 2.89. The zero-order valence-corrected chi connectivity index (χ0v) is 12.3. The molecule has 0 heterocycles. The Morgan fingerprint density at radius 3 is 2.30 bits per heavy atom. The zero-order valence-electron chi connectivity index (χ0n) is 12.3. The maximum Gasteiger partial charge on any atom is 0.326 e. The van der Waals surface area contributed by atoms with E-state index in [1.165, 1.54) is 0 Å². The first-order valence-electron chi connectivity index (χ1n) is 6.84. The molecular weight excluding hydrogens is 254 g/mol. The van der Waals surface area contributed by atoms with E-state index in [1.807, 2.05) is 51.1 Å². The summed E-state index contributed by atoms with van der Waals surface area (Å²) in [5.41, 5.74) is 0.927. The van der Waals surface area contributed by atoms with Gasteiger partial charge in [0, 0.05) is 6.42 Å². The third kappa shape index (κ3) is 6.36. The molecule has 1 rings (SSSR count). The molecule has 0 bridgehead atoms. The fourth-order valence-corrected chi connectivity index (χ4v) is 1.94. The van der Waals surface area contributed by atoms with Crippen LogP contribution < -0.4 is 5.32 Å². The Morgan fingerprint density at radius 1 is 1.20 bits per heavy atom. The van der Waals surface area contributed by atoms with Gasteiger partial charge < -0.3 is 10.4 Å². The largest absolute Gasteiger partial charge is 0.480 e. The minimum Gasteiger partial charge on any atom is -0.480 e. The van der Waals surface area contributed by atoms with Crippen LogP contribution in [0.5, 0.6) is 0 Å². The van der Waals surface area contributed by atoms with Crippen molar-refractivity contribution in [1.82, 2.24) is 5.32 Å². The van der Waals surface area contributed by atoms with E-state index < -0.39 is 12.0 Å². The number of aryl methyl sites for hydroxylation is 1. The minimum atomic E-state index is -0.983. The average molecular weight is 277 g/mol. The molecule has 4 heteroatoms. The van der Waals surface area contributed by atoms with Gasteiger partial charge in [-0.2, -0.15) is 0 Å². The second-order valence-corrected chi connectivity index (χ2v) is 6.22. The van der Waals surface area contributed by atoms with E-state index in [0.29, 0.717) is 19.3 Å². The van der Waals surface area contributed by atoms with Gasteiger partial charge in [-0.25, -0.2) is 4.79 Å². The Labute approximate surface area is 120 Å². The first-order chi connectivity index (χ1) is 9.28. The number of carboxylic acid groups (broad SMARTS) is 1. The monoisotopic (exact) mass is 277 g/mol. The third-order valence-corrected chi connectivity index (χ3v) is 2.89. The van der Waals surface area contributed by atoms with E-state index in [4.69, 9.17) is 0 Å². The number of rotatable bonds is 6. The number of amides is 1. The Morgan fingerprint density at radius 2 is 1.80 bits per heavy atom. The second kappa shape index (κ2) is 7.08. The van der Waals surface area contributed by atoms with E-state index >= 15 is 0 Å². The van der Waals surface area contributed by atoms with Crippen molar-refractivity contribution in [1.29, 1.82) is 0 Å². The summed E-state index contributed by atoms with van der Waals surface area (Å²) in [6, 6.07) is 8.84. The van der Waals surface area contributed by atoms with Crippen LogP contribution in [0.15, 0.2) is 30.3 Å². The predicted octanol–water partition coefficient (Wildman–Crippen LogP) is 2.62. The number of hydrogen-bond donors (Lipinski definition) is 2. The van der Waals surface area contributed by atoms with Gasteiger partial charge in [-0.1, -0.05) is 51.1 Å². The fraction of sp³-hybridized carbons (Fsp3) is 0.500. The summed E-state index contributed by atoms with van der Waals surface area (Å²) in [6.07, 6.45) is 1.35. The summed E-state index contributed by atoms with van der Waals surface area (Å²) in [5.74, 6) is -1.19. The number of nitrogens with one attached hydrogen (secondary N) is 1. The van der Waals surface area contributed by atoms with Crippen LogP contribution in [0.3, 0.4) is 0 Å². The van der Waals surface area contributed by atoms with Crippen LogP contribution in [0, 0.1) is 5.41 Å². The van der Waals surface area contributed by atoms with Gasteiger partial charge in [-0.3, -0.25) is 4.79 Å². The summed E-state index contributed by atoms with van der Waals surface area (Å²) in [7, 11) is 0. The van der Waals surface area contributed by atoms with Crippen LogP contribution in [-0.2, 0) is 16.0 Å². The lowest BCUT2D eigenvalue weighted by molar-refractivity contribution is -0.142. The Kier molecular flexibility index (Phi) is 5.74. The van der Waals surface area contributed by atoms with Crippen molar-refractivity contribution in [2.75, 3.05) is 0 Å². The predicted molar refractivity (Wildman–Crippen MR) is 78.4 cm³/mol. The fourth-order valence-electron chi connectivity index (χ4n) is 1.94. The van der Waals surface area contributed by atoms with Gasteiger partial charge in [0.25, 0.3) is 0 Å². The van der Waals surface area contributed by atoms with Crippen molar-refractivity contribution < 1.29 is 14.7 Å². The number of carbonyl (C=O) groups excluding carboxylic acids is 1. The van der Waals surface area contributed by atoms with Crippen LogP contribution in [0.4, 0.5) is 0 Å². The zero-order chi connectivity index (χ0) is 15.2. The van der Waals surface area contributed by atoms with Gasteiger partial charge in [-0.05, 0) is 23.8 Å². The van der Waals surface area contributed by atoms with Crippen LogP contribution in [0.2, 0.25) is 0 Å². The number of carboxylic acids is 1. The summed E-state index contributed by atoms with van der Waals surface area (Å²) in [5, 5.41) is 11.8. The van der Waals surface area contributed by atoms with Crippen molar-refractivity contribution in [2.45, 2.75) is 46.1 Å². The molecule has 4 nitrogen and oxygen atoms in total. The molecule has 1 aromatic rings. The topological polar surface area (TPSA) is 66.4 Å². The lowest BCUT2D eigenvalue weighted by Gasteiger charge is -2.20. The maximum atomic E-state index is 11.8. The van der Waals surface area contributed by atoms with Gasteiger partial charge in [0.1, 0.15) is 6.04 Å². The van der Waals surface area contributed by atoms with Crippen molar-refractivity contribution in [2.24, 2.45) is 5.41 Å². The second-order valence-electron chi connectivity index (χ2n) is 6.22. The standard InChI is InChI=1S/C16H23NO3/c1-16(2,3)11-14(18)17-13(15(19)20)10-9-12-7-5-4-6-8-12/h4-8,13H,9-11H2,1-3H3,(H,17,18)(H,19,20)/t13-/m0/s1. The minimum absolute atomic E-state index is 0.146. The number of carbonyl (C=O) groups is 2. The molecule has 0 radical (unpaired) electrons. The highest BCUT2D eigenvalue weighted by atomic mass is 16.4. The first kappa shape index (κ1) is 16.2. The molecule has 1 atom stereocenters. The molecular formula is C16H23NO3. The van der Waals surface area contributed by atoms with Crippen LogP contribution in [-0.4, -0.2) is 23.0 Å². The van der Waals surface area contributed by atoms with Crippen molar-refractivity contribution in [3.05, 3.63) is 35.9 Å². The Balaban J connectivity index is 2.53. The lowest BCUT2D eigenvalue weighted by atomic mass is 9.91. The van der Waals surface area contributed by atoms with Gasteiger partial charge in [0.15, 0.2) is 0 Å². The molecule has 0 aliphatic carbocycles. The molecule has 0 spiro atoms. The average Bonchev–Trinajstić information content (AvgIpc) is 2.33. The van der Waals surface area contributed by atoms with Crippen LogP contribution in [0.1, 0.15) is 39.2 Å². The Bertz CT molecular complexity index is 449. The van der Waals surface area contributed by atoms with Gasteiger partial charge in [0.05, 0.1) is 0 Å². The normalized spacial score (nSPS) is 12.8. The molecule has 0 fully saturated rings. The SMILES string of the molecule is CC(C)(C)CC(=O)N[C@@H](CCc1ccccc1)C(=O)O. The highest BCUT2D eigenvalue weighted by Gasteiger charge is 2.22. The number of benzene rings is 1. The molecule has 0 unspecified atom stereocenters. The Hall–Kier alpha value is -1.84. The molecule has 0 aromatic heterocycles. The quantitative estimate of drug-likeness (QED) is 0.840. The van der Waals surface area contributed by atoms with E-state index in [-0.39, 0.29) is 11.3 Å². The van der Waals surface area contributed by atoms with E-state index in [1.54, 1.807) is 0 Å². The van der Waals surface area contributed by atoms with E-state index in [9.17, 15) is 14.7 Å². The van der Waals surface area contributed by atoms with Crippen molar-refractivity contribution >= 4 is 11.9 Å². The smallest absolute Gasteiger partial charge is 0.326 e. The molecule has 0 saturated heterocycles. The molecule has 2 N–H and O–H groups in total. The molecule has 0 aliphatic rings. The highest BCUT2D eigenvalue weighted by molar-refractivity contribution is 5.83. The number of hydrogen-bond acceptors (Lipinski definition) is 2. The lowest BCUT2D eigenvalue weighted by Crippen LogP contribution is -2.42. The molecule has 1 amide bonds. The molecule has 0 aliphatic heterocycles. The van der Waals surface area contributed by atoms with Crippen LogP contribution in [0.25, 0.3) is 0 Å². The molecule has 110 valence electrons. The highest BCUT2D eigenvalue weighted by Crippen LogP contribution is 2.18. The molecule has 20 heavy (non-hydrogen) atoms. The summed E-state index contributed by atoms with van der Waals surface area (Å²) < 4.78 is 0. The van der Waals surface area contributed by atoms with Crippen molar-refractivity contribution in [3.63, 3.8) is 0 Å². The summed E-state index contributed by atoms with van der Waals surface area (Å²) >= 11 is 0. The maximum absolute atomic E-state index is 11.8. The summed E-state index contributed by atoms with van der Waals surface area (Å²) in [4.78, 5) is 23.0.